The van der Waals surface area contributed by atoms with Gasteiger partial charge in [0.25, 0.3) is 0 Å². The van der Waals surface area contributed by atoms with Gasteiger partial charge in [0.2, 0.25) is 5.91 Å². The minimum Gasteiger partial charge on any atom is -0.334 e. The zero-order valence-corrected chi connectivity index (χ0v) is 15.1. The highest BCUT2D eigenvalue weighted by molar-refractivity contribution is 7.15. The van der Waals surface area contributed by atoms with Gasteiger partial charge < -0.3 is 10.6 Å². The lowest BCUT2D eigenvalue weighted by Crippen LogP contribution is -2.44. The Labute approximate surface area is 146 Å². The van der Waals surface area contributed by atoms with Crippen LogP contribution in [0.15, 0.2) is 36.4 Å². The van der Waals surface area contributed by atoms with Gasteiger partial charge in [0.15, 0.2) is 0 Å². The Morgan fingerprint density at radius 1 is 1.22 bits per heavy atom. The summed E-state index contributed by atoms with van der Waals surface area (Å²) in [6, 6.07) is 10.1. The van der Waals surface area contributed by atoms with Crippen molar-refractivity contribution < 1.29 is 9.18 Å². The first-order valence-corrected chi connectivity index (χ1v) is 8.11. The molecule has 0 radical (unpaired) electrons. The normalized spacial score (nSPS) is 11.9. The Morgan fingerprint density at radius 2 is 1.87 bits per heavy atom. The summed E-state index contributed by atoms with van der Waals surface area (Å²) in [6.07, 6.45) is 0. The lowest BCUT2D eigenvalue weighted by molar-refractivity contribution is -0.134. The number of rotatable bonds is 5. The van der Waals surface area contributed by atoms with Crippen molar-refractivity contribution in [2.45, 2.75) is 39.4 Å². The molecule has 23 heavy (non-hydrogen) atoms. The van der Waals surface area contributed by atoms with E-state index in [0.717, 1.165) is 9.75 Å². The Balaban J connectivity index is 0.00000264. The number of hydrogen-bond donors (Lipinski definition) is 1. The van der Waals surface area contributed by atoms with Gasteiger partial charge in [-0.15, -0.1) is 23.7 Å². The fraction of sp³-hybridized carbons (Fsp3) is 0.353. The molecular formula is C17H22ClFN2OS. The first-order chi connectivity index (χ1) is 10.4. The summed E-state index contributed by atoms with van der Waals surface area (Å²) < 4.78 is 13.8. The molecule has 0 aliphatic rings. The monoisotopic (exact) mass is 356 g/mol. The summed E-state index contributed by atoms with van der Waals surface area (Å²) in [5.74, 6) is -0.306. The molecule has 0 aliphatic carbocycles. The van der Waals surface area contributed by atoms with Crippen LogP contribution >= 0.6 is 23.7 Å². The largest absolute Gasteiger partial charge is 0.334 e. The van der Waals surface area contributed by atoms with Crippen LogP contribution in [-0.2, 0) is 11.3 Å². The molecule has 0 unspecified atom stereocenters. The molecule has 1 amide bonds. The van der Waals surface area contributed by atoms with Gasteiger partial charge in [-0.2, -0.15) is 0 Å². The van der Waals surface area contributed by atoms with Crippen molar-refractivity contribution in [3.8, 4) is 10.4 Å². The summed E-state index contributed by atoms with van der Waals surface area (Å²) in [6.45, 7) is 6.12. The summed E-state index contributed by atoms with van der Waals surface area (Å²) >= 11 is 1.50. The van der Waals surface area contributed by atoms with Crippen LogP contribution in [0.2, 0.25) is 0 Å². The molecule has 1 heterocycles. The fourth-order valence-electron chi connectivity index (χ4n) is 2.21. The second kappa shape index (κ2) is 8.43. The highest BCUT2D eigenvalue weighted by Gasteiger charge is 2.21. The summed E-state index contributed by atoms with van der Waals surface area (Å²) in [4.78, 5) is 15.8. The first kappa shape index (κ1) is 19.6. The van der Waals surface area contributed by atoms with Crippen LogP contribution in [-0.4, -0.2) is 22.9 Å². The molecule has 3 nitrogen and oxygen atoms in total. The molecule has 6 heteroatoms. The highest BCUT2D eigenvalue weighted by Crippen LogP contribution is 2.30. The zero-order valence-electron chi connectivity index (χ0n) is 13.5. The van der Waals surface area contributed by atoms with Crippen molar-refractivity contribution >= 4 is 29.7 Å². The SMILES string of the molecule is CC(C)N(Cc1ccc(-c2ccccc2F)s1)C(=O)[C@H](C)N.Cl. The van der Waals surface area contributed by atoms with Gasteiger partial charge in [-0.25, -0.2) is 4.39 Å². The summed E-state index contributed by atoms with van der Waals surface area (Å²) in [7, 11) is 0. The Morgan fingerprint density at radius 3 is 2.43 bits per heavy atom. The topological polar surface area (TPSA) is 46.3 Å². The molecule has 2 aromatic rings. The molecule has 0 aliphatic heterocycles. The maximum atomic E-state index is 13.8. The minimum atomic E-state index is -0.520. The molecule has 2 N–H and O–H groups in total. The molecule has 126 valence electrons. The van der Waals surface area contributed by atoms with Crippen molar-refractivity contribution in [2.75, 3.05) is 0 Å². The molecule has 0 spiro atoms. The smallest absolute Gasteiger partial charge is 0.239 e. The zero-order chi connectivity index (χ0) is 16.3. The second-order valence-corrected chi connectivity index (χ2v) is 6.76. The van der Waals surface area contributed by atoms with E-state index in [2.05, 4.69) is 0 Å². The van der Waals surface area contributed by atoms with Crippen molar-refractivity contribution in [1.82, 2.24) is 4.90 Å². The van der Waals surface area contributed by atoms with E-state index in [9.17, 15) is 9.18 Å². The van der Waals surface area contributed by atoms with E-state index in [0.29, 0.717) is 12.1 Å². The van der Waals surface area contributed by atoms with Gasteiger partial charge in [-0.05, 0) is 39.0 Å². The fourth-order valence-corrected chi connectivity index (χ4v) is 3.25. The molecule has 0 saturated carbocycles. The predicted octanol–water partition coefficient (Wildman–Crippen LogP) is 4.06. The maximum Gasteiger partial charge on any atom is 0.239 e. The third kappa shape index (κ3) is 4.77. The van der Waals surface area contributed by atoms with Gasteiger partial charge in [0.1, 0.15) is 5.82 Å². The quantitative estimate of drug-likeness (QED) is 0.878. The van der Waals surface area contributed by atoms with E-state index in [-0.39, 0.29) is 30.2 Å². The van der Waals surface area contributed by atoms with Crippen LogP contribution in [0.5, 0.6) is 0 Å². The Kier molecular flexibility index (Phi) is 7.19. The van der Waals surface area contributed by atoms with E-state index < -0.39 is 6.04 Å². The van der Waals surface area contributed by atoms with Crippen LogP contribution in [0.25, 0.3) is 10.4 Å². The van der Waals surface area contributed by atoms with E-state index in [1.807, 2.05) is 32.0 Å². The number of nitrogens with two attached hydrogens (primary N) is 1. The van der Waals surface area contributed by atoms with E-state index in [4.69, 9.17) is 5.73 Å². The summed E-state index contributed by atoms with van der Waals surface area (Å²) in [5, 5.41) is 0. The number of hydrogen-bond acceptors (Lipinski definition) is 3. The standard InChI is InChI=1S/C17H21FN2OS.ClH/c1-11(2)20(17(21)12(3)19)10-13-8-9-16(22-13)14-6-4-5-7-15(14)18;/h4-9,11-12H,10,19H2,1-3H3;1H/t12-;/m0./s1. The number of benzene rings is 1. The van der Waals surface area contributed by atoms with Crippen LogP contribution in [0.4, 0.5) is 4.39 Å². The van der Waals surface area contributed by atoms with E-state index in [1.54, 1.807) is 24.0 Å². The molecule has 0 saturated heterocycles. The number of nitrogens with zero attached hydrogens (tertiary/aromatic N) is 1. The number of carbonyl (C=O) groups excluding carboxylic acids is 1. The van der Waals surface area contributed by atoms with Crippen LogP contribution < -0.4 is 5.73 Å². The highest BCUT2D eigenvalue weighted by atomic mass is 35.5. The molecule has 2 rings (SSSR count). The van der Waals surface area contributed by atoms with Crippen molar-refractivity contribution in [2.24, 2.45) is 5.73 Å². The van der Waals surface area contributed by atoms with Crippen molar-refractivity contribution in [3.63, 3.8) is 0 Å². The van der Waals surface area contributed by atoms with Crippen LogP contribution in [0.1, 0.15) is 25.6 Å². The summed E-state index contributed by atoms with van der Waals surface area (Å²) in [5.41, 5.74) is 6.30. The number of amides is 1. The van der Waals surface area contributed by atoms with E-state index in [1.165, 1.54) is 17.4 Å². The molecule has 1 aromatic carbocycles. The molecule has 0 fully saturated rings. The Hall–Kier alpha value is -1.43. The van der Waals surface area contributed by atoms with Gasteiger partial charge in [0, 0.05) is 21.4 Å². The lowest BCUT2D eigenvalue weighted by atomic mass is 10.2. The Bertz CT molecular complexity index is 658. The molecular weight excluding hydrogens is 335 g/mol. The van der Waals surface area contributed by atoms with Gasteiger partial charge in [-0.3, -0.25) is 4.79 Å². The third-order valence-electron chi connectivity index (χ3n) is 3.42. The second-order valence-electron chi connectivity index (χ2n) is 5.59. The lowest BCUT2D eigenvalue weighted by Gasteiger charge is -2.27. The third-order valence-corrected chi connectivity index (χ3v) is 4.53. The van der Waals surface area contributed by atoms with Gasteiger partial charge >= 0.3 is 0 Å². The number of thiophene rings is 1. The number of halogens is 2. The van der Waals surface area contributed by atoms with Crippen molar-refractivity contribution in [3.05, 3.63) is 47.1 Å². The average molecular weight is 357 g/mol. The average Bonchev–Trinajstić information content (AvgIpc) is 2.92. The molecule has 1 aromatic heterocycles. The van der Waals surface area contributed by atoms with E-state index >= 15 is 0 Å². The minimum absolute atomic E-state index is 0. The maximum absolute atomic E-state index is 13.8. The predicted molar refractivity (Wildman–Crippen MR) is 96.3 cm³/mol. The van der Waals surface area contributed by atoms with Crippen LogP contribution in [0.3, 0.4) is 0 Å². The number of carbonyl (C=O) groups is 1. The van der Waals surface area contributed by atoms with Gasteiger partial charge in [0.05, 0.1) is 12.6 Å². The van der Waals surface area contributed by atoms with Gasteiger partial charge in [-0.1, -0.05) is 18.2 Å². The first-order valence-electron chi connectivity index (χ1n) is 7.30. The molecule has 0 bridgehead atoms. The van der Waals surface area contributed by atoms with Crippen LogP contribution in [0, 0.1) is 5.82 Å². The van der Waals surface area contributed by atoms with Crippen molar-refractivity contribution in [1.29, 1.82) is 0 Å². The molecule has 1 atom stereocenters.